The molecule has 11 heteroatoms. The predicted molar refractivity (Wildman–Crippen MR) is 136 cm³/mol. The number of nitrogens with one attached hydrogen (secondary N) is 4. The number of amides is 2. The molecule has 0 fully saturated rings. The first-order valence-corrected chi connectivity index (χ1v) is 11.8. The summed E-state index contributed by atoms with van der Waals surface area (Å²) in [6.45, 7) is 2.34. The summed E-state index contributed by atoms with van der Waals surface area (Å²) < 4.78 is 5.17. The van der Waals surface area contributed by atoms with Gasteiger partial charge in [0, 0.05) is 22.8 Å². The normalized spacial score (nSPS) is 14.4. The van der Waals surface area contributed by atoms with E-state index in [1.54, 1.807) is 36.4 Å². The molecule has 1 aromatic heterocycles. The first-order chi connectivity index (χ1) is 17.3. The number of esters is 1. The van der Waals surface area contributed by atoms with Crippen LogP contribution in [0.15, 0.2) is 53.3 Å². The number of unbranched alkanes of at least 4 members (excludes halogenated alkanes) is 1. The van der Waals surface area contributed by atoms with Crippen LogP contribution in [-0.2, 0) is 14.3 Å². The maximum Gasteiger partial charge on any atom is 0.338 e. The molecule has 0 spiro atoms. The topological polar surface area (TPSA) is 142 Å². The third-order valence-corrected chi connectivity index (χ3v) is 5.71. The average molecular weight is 510 g/mol. The van der Waals surface area contributed by atoms with Crippen molar-refractivity contribution in [1.82, 2.24) is 9.97 Å². The summed E-state index contributed by atoms with van der Waals surface area (Å²) in [7, 11) is 0. The van der Waals surface area contributed by atoms with Gasteiger partial charge in [0.15, 0.2) is 0 Å². The van der Waals surface area contributed by atoms with Gasteiger partial charge in [-0.2, -0.15) is 4.98 Å². The lowest BCUT2D eigenvalue weighted by Gasteiger charge is -2.23. The number of aromatic nitrogens is 2. The number of hydrogen-bond donors (Lipinski definition) is 4. The molecule has 0 radical (unpaired) electrons. The molecule has 2 amide bonds. The maximum atomic E-state index is 13.0. The van der Waals surface area contributed by atoms with Crippen molar-refractivity contribution in [2.45, 2.75) is 32.1 Å². The van der Waals surface area contributed by atoms with Gasteiger partial charge >= 0.3 is 5.97 Å². The highest BCUT2D eigenvalue weighted by molar-refractivity contribution is 6.30. The Hall–Kier alpha value is -4.18. The number of benzene rings is 2. The lowest BCUT2D eigenvalue weighted by Crippen LogP contribution is -2.36. The Labute approximate surface area is 211 Å². The van der Waals surface area contributed by atoms with Crippen LogP contribution in [0.4, 0.5) is 23.1 Å². The number of anilines is 4. The summed E-state index contributed by atoms with van der Waals surface area (Å²) >= 11 is 5.99. The molecule has 4 rings (SSSR count). The van der Waals surface area contributed by atoms with Gasteiger partial charge in [0.05, 0.1) is 23.7 Å². The molecule has 4 N–H and O–H groups in total. The first-order valence-electron chi connectivity index (χ1n) is 11.4. The Bertz CT molecular complexity index is 1360. The second-order valence-corrected chi connectivity index (χ2v) is 8.61. The lowest BCUT2D eigenvalue weighted by molar-refractivity contribution is -0.123. The molecule has 0 bridgehead atoms. The van der Waals surface area contributed by atoms with Crippen LogP contribution in [0.2, 0.25) is 5.02 Å². The minimum absolute atomic E-state index is 0.00449. The van der Waals surface area contributed by atoms with Crippen LogP contribution in [0.1, 0.15) is 48.0 Å². The van der Waals surface area contributed by atoms with Crippen molar-refractivity contribution >= 4 is 52.5 Å². The Morgan fingerprint density at radius 3 is 2.64 bits per heavy atom. The quantitative estimate of drug-likeness (QED) is 0.263. The van der Waals surface area contributed by atoms with Crippen molar-refractivity contribution in [3.8, 4) is 0 Å². The number of carbonyl (C=O) groups excluding carboxylic acids is 3. The Kier molecular flexibility index (Phi) is 7.65. The molecule has 2 aromatic carbocycles. The smallest absolute Gasteiger partial charge is 0.338 e. The number of ether oxygens (including phenoxy) is 1. The second-order valence-electron chi connectivity index (χ2n) is 8.17. The molecular formula is C25H24ClN5O5. The number of aromatic amines is 1. The summed E-state index contributed by atoms with van der Waals surface area (Å²) in [6, 6.07) is 13.0. The molecule has 3 aromatic rings. The van der Waals surface area contributed by atoms with Gasteiger partial charge in [-0.25, -0.2) is 4.79 Å². The van der Waals surface area contributed by atoms with Crippen LogP contribution >= 0.6 is 11.6 Å². The van der Waals surface area contributed by atoms with Crippen molar-refractivity contribution in [3.63, 3.8) is 0 Å². The SMILES string of the molecule is CCCCOC(=O)c1ccc(NC(=O)C2CC(=O)Nc3nc(Nc4cccc(Cl)c4)[nH]c(=O)c32)cc1. The van der Waals surface area contributed by atoms with Crippen molar-refractivity contribution in [2.24, 2.45) is 0 Å². The second kappa shape index (κ2) is 11.0. The standard InChI is InChI=1S/C25H24ClN5O5/c1-2-3-11-36-24(35)14-7-9-16(10-8-14)27-22(33)18-13-19(32)29-21-20(18)23(34)31-25(30-21)28-17-6-4-5-15(26)12-17/h4-10,12,18H,2-3,11,13H2,1H3,(H,27,33)(H3,28,29,30,31,32,34). The lowest BCUT2D eigenvalue weighted by atomic mass is 9.92. The van der Waals surface area contributed by atoms with Gasteiger partial charge < -0.3 is 20.7 Å². The van der Waals surface area contributed by atoms with Gasteiger partial charge in [-0.1, -0.05) is 31.0 Å². The Balaban J connectivity index is 1.50. The zero-order valence-electron chi connectivity index (χ0n) is 19.4. The van der Waals surface area contributed by atoms with E-state index in [-0.39, 0.29) is 23.8 Å². The van der Waals surface area contributed by atoms with Crippen molar-refractivity contribution in [2.75, 3.05) is 22.6 Å². The Morgan fingerprint density at radius 1 is 1.14 bits per heavy atom. The number of hydrogen-bond acceptors (Lipinski definition) is 7. The third-order valence-electron chi connectivity index (χ3n) is 5.47. The third kappa shape index (κ3) is 5.89. The van der Waals surface area contributed by atoms with E-state index >= 15 is 0 Å². The fraction of sp³-hybridized carbons (Fsp3) is 0.240. The number of H-pyrrole nitrogens is 1. The minimum Gasteiger partial charge on any atom is -0.462 e. The molecule has 0 aliphatic carbocycles. The fourth-order valence-corrected chi connectivity index (χ4v) is 3.86. The number of rotatable bonds is 8. The number of fused-ring (bicyclic) bond motifs is 1. The minimum atomic E-state index is -1.05. The van der Waals surface area contributed by atoms with Crippen LogP contribution < -0.4 is 21.5 Å². The predicted octanol–water partition coefficient (Wildman–Crippen LogP) is 4.19. The molecule has 36 heavy (non-hydrogen) atoms. The highest BCUT2D eigenvalue weighted by Crippen LogP contribution is 2.30. The number of carbonyl (C=O) groups is 3. The van der Waals surface area contributed by atoms with Gasteiger partial charge in [0.2, 0.25) is 17.8 Å². The average Bonchev–Trinajstić information content (AvgIpc) is 2.84. The van der Waals surface area contributed by atoms with E-state index in [0.29, 0.717) is 28.6 Å². The summed E-state index contributed by atoms with van der Waals surface area (Å²) in [6.07, 6.45) is 1.48. The molecule has 186 valence electrons. The van der Waals surface area contributed by atoms with Crippen molar-refractivity contribution in [1.29, 1.82) is 0 Å². The molecule has 0 saturated carbocycles. The molecule has 10 nitrogen and oxygen atoms in total. The van der Waals surface area contributed by atoms with E-state index < -0.39 is 29.3 Å². The van der Waals surface area contributed by atoms with Crippen LogP contribution in [0, 0.1) is 0 Å². The molecule has 1 atom stereocenters. The van der Waals surface area contributed by atoms with Crippen LogP contribution in [0.3, 0.4) is 0 Å². The van der Waals surface area contributed by atoms with Gasteiger partial charge in [-0.15, -0.1) is 0 Å². The molecule has 0 saturated heterocycles. The maximum absolute atomic E-state index is 13.0. The number of halogens is 1. The zero-order chi connectivity index (χ0) is 25.7. The first kappa shape index (κ1) is 24.9. The summed E-state index contributed by atoms with van der Waals surface area (Å²) in [5, 5.41) is 8.67. The highest BCUT2D eigenvalue weighted by atomic mass is 35.5. The van der Waals surface area contributed by atoms with Crippen molar-refractivity contribution in [3.05, 3.63) is 75.0 Å². The van der Waals surface area contributed by atoms with Crippen LogP contribution in [0.5, 0.6) is 0 Å². The molecule has 1 unspecified atom stereocenters. The van der Waals surface area contributed by atoms with Crippen LogP contribution in [0.25, 0.3) is 0 Å². The van der Waals surface area contributed by atoms with Gasteiger partial charge in [0.1, 0.15) is 5.82 Å². The van der Waals surface area contributed by atoms with Gasteiger partial charge in [0.25, 0.3) is 5.56 Å². The van der Waals surface area contributed by atoms with Gasteiger partial charge in [-0.3, -0.25) is 19.4 Å². The monoisotopic (exact) mass is 509 g/mol. The summed E-state index contributed by atoms with van der Waals surface area (Å²) in [5.41, 5.74) is 0.836. The van der Waals surface area contributed by atoms with E-state index in [1.807, 2.05) is 6.92 Å². The summed E-state index contributed by atoms with van der Waals surface area (Å²) in [5.74, 6) is -2.40. The zero-order valence-corrected chi connectivity index (χ0v) is 20.1. The van der Waals surface area contributed by atoms with E-state index in [9.17, 15) is 19.2 Å². The van der Waals surface area contributed by atoms with E-state index in [1.165, 1.54) is 12.1 Å². The largest absolute Gasteiger partial charge is 0.462 e. The summed E-state index contributed by atoms with van der Waals surface area (Å²) in [4.78, 5) is 57.2. The fourth-order valence-electron chi connectivity index (χ4n) is 3.67. The van der Waals surface area contributed by atoms with Crippen LogP contribution in [-0.4, -0.2) is 34.4 Å². The van der Waals surface area contributed by atoms with E-state index in [0.717, 1.165) is 12.8 Å². The number of nitrogens with zero attached hydrogens (tertiary/aromatic N) is 1. The van der Waals surface area contributed by atoms with Gasteiger partial charge in [-0.05, 0) is 48.9 Å². The molecule has 2 heterocycles. The highest BCUT2D eigenvalue weighted by Gasteiger charge is 2.34. The van der Waals surface area contributed by atoms with E-state index in [4.69, 9.17) is 16.3 Å². The Morgan fingerprint density at radius 2 is 1.92 bits per heavy atom. The van der Waals surface area contributed by atoms with E-state index in [2.05, 4.69) is 25.9 Å². The molecule has 1 aliphatic rings. The molecule has 1 aliphatic heterocycles. The van der Waals surface area contributed by atoms with Crippen molar-refractivity contribution < 1.29 is 19.1 Å². The molecular weight excluding hydrogens is 486 g/mol.